The Hall–Kier alpha value is -3.53. The van der Waals surface area contributed by atoms with E-state index in [1.807, 2.05) is 0 Å². The fourth-order valence-corrected chi connectivity index (χ4v) is 3.30. The molecule has 2 heterocycles. The maximum atomic E-state index is 13.0. The number of benzene rings is 2. The molecule has 0 atom stereocenters. The molecule has 11 heteroatoms. The Bertz CT molecular complexity index is 1240. The fourth-order valence-electron chi connectivity index (χ4n) is 3.08. The molecule has 1 aliphatic rings. The third-order valence-corrected chi connectivity index (χ3v) is 4.88. The molecular weight excluding hydrogens is 451 g/mol. The Balaban J connectivity index is 1.54. The lowest BCUT2D eigenvalue weighted by Gasteiger charge is -2.18. The van der Waals surface area contributed by atoms with Crippen LogP contribution in [0.1, 0.15) is 5.56 Å². The molecular formula is C21H15ClF3N3O4. The van der Waals surface area contributed by atoms with E-state index < -0.39 is 34.8 Å². The zero-order valence-electron chi connectivity index (χ0n) is 16.3. The standard InChI is InChI=1S/C21H15ClF3N3O4/c22-15-3-2-13(10-14(15)21(23,24)25)26-19(29)11-28-20(30)6-4-16(27-28)12-1-5-17-18(9-12)32-8-7-31-17/h1-6,9-10H,7-8,11H2,(H,26,29). The van der Waals surface area contributed by atoms with Gasteiger partial charge < -0.3 is 14.8 Å². The lowest BCUT2D eigenvalue weighted by atomic mass is 10.1. The molecule has 0 radical (unpaired) electrons. The van der Waals surface area contributed by atoms with Crippen molar-refractivity contribution in [1.82, 2.24) is 9.78 Å². The maximum absolute atomic E-state index is 13.0. The minimum atomic E-state index is -4.67. The Kier molecular flexibility index (Phi) is 5.79. The molecule has 0 aliphatic carbocycles. The number of ether oxygens (including phenoxy) is 2. The average Bonchev–Trinajstić information content (AvgIpc) is 2.75. The number of carbonyl (C=O) groups excluding carboxylic acids is 1. The fraction of sp³-hybridized carbons (Fsp3) is 0.190. The third kappa shape index (κ3) is 4.70. The van der Waals surface area contributed by atoms with E-state index >= 15 is 0 Å². The van der Waals surface area contributed by atoms with Gasteiger partial charge >= 0.3 is 6.18 Å². The highest BCUT2D eigenvalue weighted by atomic mass is 35.5. The van der Waals surface area contributed by atoms with Crippen LogP contribution < -0.4 is 20.3 Å². The molecule has 1 aromatic heterocycles. The first kappa shape index (κ1) is 21.7. The van der Waals surface area contributed by atoms with Gasteiger partial charge in [0.05, 0.1) is 16.3 Å². The van der Waals surface area contributed by atoms with Gasteiger partial charge in [-0.05, 0) is 42.5 Å². The van der Waals surface area contributed by atoms with Crippen LogP contribution in [-0.2, 0) is 17.5 Å². The van der Waals surface area contributed by atoms with E-state index in [4.69, 9.17) is 21.1 Å². The molecule has 1 amide bonds. The predicted octanol–water partition coefficient (Wildman–Crippen LogP) is 3.99. The zero-order chi connectivity index (χ0) is 22.9. The van der Waals surface area contributed by atoms with Crippen molar-refractivity contribution in [2.24, 2.45) is 0 Å². The van der Waals surface area contributed by atoms with Gasteiger partial charge in [0.2, 0.25) is 5.91 Å². The molecule has 3 aromatic rings. The molecule has 7 nitrogen and oxygen atoms in total. The van der Waals surface area contributed by atoms with Gasteiger partial charge in [-0.15, -0.1) is 0 Å². The molecule has 1 aliphatic heterocycles. The summed E-state index contributed by atoms with van der Waals surface area (Å²) < 4.78 is 50.9. The van der Waals surface area contributed by atoms with Crippen molar-refractivity contribution >= 4 is 23.2 Å². The summed E-state index contributed by atoms with van der Waals surface area (Å²) in [6, 6.07) is 10.9. The summed E-state index contributed by atoms with van der Waals surface area (Å²) in [5.74, 6) is 0.400. The molecule has 166 valence electrons. The van der Waals surface area contributed by atoms with Crippen LogP contribution in [0.4, 0.5) is 18.9 Å². The molecule has 0 fully saturated rings. The molecule has 32 heavy (non-hydrogen) atoms. The Labute approximate surface area is 184 Å². The molecule has 4 rings (SSSR count). The normalized spacial score (nSPS) is 13.0. The number of hydrogen-bond donors (Lipinski definition) is 1. The Morgan fingerprint density at radius 1 is 1.06 bits per heavy atom. The summed E-state index contributed by atoms with van der Waals surface area (Å²) in [5.41, 5.74) is -0.694. The topological polar surface area (TPSA) is 82.5 Å². The second-order valence-electron chi connectivity index (χ2n) is 6.81. The summed E-state index contributed by atoms with van der Waals surface area (Å²) in [6.07, 6.45) is -4.67. The van der Waals surface area contributed by atoms with Crippen molar-refractivity contribution in [1.29, 1.82) is 0 Å². The van der Waals surface area contributed by atoms with E-state index in [0.29, 0.717) is 36.0 Å². The van der Waals surface area contributed by atoms with Crippen LogP contribution in [0, 0.1) is 0 Å². The molecule has 2 aromatic carbocycles. The van der Waals surface area contributed by atoms with Crippen LogP contribution >= 0.6 is 11.6 Å². The number of anilines is 1. The molecule has 0 unspecified atom stereocenters. The molecule has 0 saturated heterocycles. The highest BCUT2D eigenvalue weighted by Gasteiger charge is 2.33. The van der Waals surface area contributed by atoms with Crippen molar-refractivity contribution in [3.63, 3.8) is 0 Å². The van der Waals surface area contributed by atoms with E-state index in [0.717, 1.165) is 16.8 Å². The summed E-state index contributed by atoms with van der Waals surface area (Å²) in [5, 5.41) is 6.03. The summed E-state index contributed by atoms with van der Waals surface area (Å²) in [4.78, 5) is 24.5. The van der Waals surface area contributed by atoms with Crippen molar-refractivity contribution in [2.45, 2.75) is 12.7 Å². The number of nitrogens with one attached hydrogen (secondary N) is 1. The van der Waals surface area contributed by atoms with Gasteiger partial charge in [-0.1, -0.05) is 11.6 Å². The lowest BCUT2D eigenvalue weighted by Crippen LogP contribution is -2.29. The van der Waals surface area contributed by atoms with Crippen LogP contribution in [0.5, 0.6) is 11.5 Å². The maximum Gasteiger partial charge on any atom is 0.417 e. The van der Waals surface area contributed by atoms with E-state index in [1.54, 1.807) is 18.2 Å². The number of halogens is 4. The minimum Gasteiger partial charge on any atom is -0.486 e. The number of fused-ring (bicyclic) bond motifs is 1. The van der Waals surface area contributed by atoms with Crippen LogP contribution in [-0.4, -0.2) is 28.9 Å². The molecule has 0 saturated carbocycles. The number of alkyl halides is 3. The number of rotatable bonds is 4. The largest absolute Gasteiger partial charge is 0.486 e. The first-order valence-corrected chi connectivity index (χ1v) is 9.73. The zero-order valence-corrected chi connectivity index (χ0v) is 17.0. The minimum absolute atomic E-state index is 0.109. The van der Waals surface area contributed by atoms with Crippen LogP contribution in [0.2, 0.25) is 5.02 Å². The molecule has 0 spiro atoms. The van der Waals surface area contributed by atoms with E-state index in [9.17, 15) is 22.8 Å². The van der Waals surface area contributed by atoms with E-state index in [2.05, 4.69) is 10.4 Å². The molecule has 0 bridgehead atoms. The van der Waals surface area contributed by atoms with Gasteiger partial charge in [-0.2, -0.15) is 18.3 Å². The van der Waals surface area contributed by atoms with Crippen molar-refractivity contribution in [2.75, 3.05) is 18.5 Å². The summed E-state index contributed by atoms with van der Waals surface area (Å²) in [7, 11) is 0. The second kappa shape index (κ2) is 8.54. The van der Waals surface area contributed by atoms with E-state index in [1.165, 1.54) is 18.2 Å². The van der Waals surface area contributed by atoms with Gasteiger partial charge in [0.15, 0.2) is 11.5 Å². The van der Waals surface area contributed by atoms with Gasteiger partial charge in [0, 0.05) is 17.3 Å². The lowest BCUT2D eigenvalue weighted by molar-refractivity contribution is -0.137. The smallest absolute Gasteiger partial charge is 0.417 e. The monoisotopic (exact) mass is 465 g/mol. The summed E-state index contributed by atoms with van der Waals surface area (Å²) >= 11 is 5.58. The highest BCUT2D eigenvalue weighted by molar-refractivity contribution is 6.31. The van der Waals surface area contributed by atoms with Gasteiger partial charge in [0.25, 0.3) is 5.56 Å². The van der Waals surface area contributed by atoms with Gasteiger partial charge in [-0.3, -0.25) is 9.59 Å². The van der Waals surface area contributed by atoms with Crippen LogP contribution in [0.15, 0.2) is 53.3 Å². The Morgan fingerprint density at radius 3 is 2.56 bits per heavy atom. The first-order valence-electron chi connectivity index (χ1n) is 9.35. The van der Waals surface area contributed by atoms with Crippen LogP contribution in [0.25, 0.3) is 11.3 Å². The number of carbonyl (C=O) groups is 1. The van der Waals surface area contributed by atoms with Crippen molar-refractivity contribution in [3.05, 3.63) is 69.5 Å². The van der Waals surface area contributed by atoms with Crippen LogP contribution in [0.3, 0.4) is 0 Å². The quantitative estimate of drug-likeness (QED) is 0.630. The SMILES string of the molecule is O=C(Cn1nc(-c2ccc3c(c2)OCCO3)ccc1=O)Nc1ccc(Cl)c(C(F)(F)F)c1. The first-order chi connectivity index (χ1) is 15.2. The number of aromatic nitrogens is 2. The number of amides is 1. The van der Waals surface area contributed by atoms with Gasteiger partial charge in [0.1, 0.15) is 19.8 Å². The van der Waals surface area contributed by atoms with Gasteiger partial charge in [-0.25, -0.2) is 4.68 Å². The van der Waals surface area contributed by atoms with Crippen molar-refractivity contribution < 1.29 is 27.4 Å². The third-order valence-electron chi connectivity index (χ3n) is 4.55. The van der Waals surface area contributed by atoms with E-state index in [-0.39, 0.29) is 5.69 Å². The Morgan fingerprint density at radius 2 is 1.81 bits per heavy atom. The summed E-state index contributed by atoms with van der Waals surface area (Å²) in [6.45, 7) is 0.355. The average molecular weight is 466 g/mol. The molecule has 1 N–H and O–H groups in total. The predicted molar refractivity (Wildman–Crippen MR) is 110 cm³/mol. The number of hydrogen-bond acceptors (Lipinski definition) is 5. The van der Waals surface area contributed by atoms with Crippen molar-refractivity contribution in [3.8, 4) is 22.8 Å². The highest BCUT2D eigenvalue weighted by Crippen LogP contribution is 2.36. The number of nitrogens with zero attached hydrogens (tertiary/aromatic N) is 2. The second-order valence-corrected chi connectivity index (χ2v) is 7.22.